The quantitative estimate of drug-likeness (QED) is 0.257. The number of ether oxygens (including phenoxy) is 1. The van der Waals surface area contributed by atoms with Gasteiger partial charge in [0.1, 0.15) is 11.6 Å². The summed E-state index contributed by atoms with van der Waals surface area (Å²) in [5.41, 5.74) is 2.09. The number of rotatable bonds is 7. The van der Waals surface area contributed by atoms with Gasteiger partial charge in [0.15, 0.2) is 11.8 Å². The normalized spacial score (nSPS) is 12.1. The van der Waals surface area contributed by atoms with Gasteiger partial charge in [-0.3, -0.25) is 0 Å². The molecule has 0 spiro atoms. The highest BCUT2D eigenvalue weighted by Gasteiger charge is 2.12. The lowest BCUT2D eigenvalue weighted by molar-refractivity contribution is 0.414. The summed E-state index contributed by atoms with van der Waals surface area (Å²) < 4.78 is 7.17. The van der Waals surface area contributed by atoms with Crippen LogP contribution in [0.15, 0.2) is 53.5 Å². The zero-order chi connectivity index (χ0) is 21.5. The van der Waals surface area contributed by atoms with Crippen LogP contribution in [0.4, 0.5) is 0 Å². The molecule has 9 heteroatoms. The summed E-state index contributed by atoms with van der Waals surface area (Å²) in [4.78, 5) is 4.75. The van der Waals surface area contributed by atoms with Crippen molar-refractivity contribution in [3.63, 3.8) is 0 Å². The van der Waals surface area contributed by atoms with Gasteiger partial charge in [-0.25, -0.2) is 4.99 Å². The summed E-state index contributed by atoms with van der Waals surface area (Å²) in [6.07, 6.45) is 0. The minimum absolute atomic E-state index is 0. The van der Waals surface area contributed by atoms with Crippen molar-refractivity contribution in [1.29, 1.82) is 0 Å². The molecule has 0 amide bonds. The summed E-state index contributed by atoms with van der Waals surface area (Å²) in [7, 11) is 3.60. The first kappa shape index (κ1) is 24.9. The van der Waals surface area contributed by atoms with E-state index in [0.717, 1.165) is 33.5 Å². The molecule has 1 atom stereocenters. The number of guanidine groups is 1. The Morgan fingerprint density at radius 3 is 2.48 bits per heavy atom. The standard InChI is InChI=1S/C22H27ClN6O.HI/c1-15(19-7-5-6-8-20(19)23)26-22(25-14-21-28-27-16(2)29(21)3)24-13-17-9-11-18(30-4)12-10-17;/h5-12,15H,13-14H2,1-4H3,(H2,24,25,26);1H. The molecular formula is C22H28ClIN6O. The van der Waals surface area contributed by atoms with E-state index < -0.39 is 0 Å². The Labute approximate surface area is 205 Å². The fourth-order valence-electron chi connectivity index (χ4n) is 2.93. The van der Waals surface area contributed by atoms with Crippen molar-refractivity contribution >= 4 is 41.5 Å². The number of nitrogens with one attached hydrogen (secondary N) is 2. The number of nitrogens with zero attached hydrogens (tertiary/aromatic N) is 4. The third-order valence-electron chi connectivity index (χ3n) is 4.90. The van der Waals surface area contributed by atoms with Crippen LogP contribution >= 0.6 is 35.6 Å². The summed E-state index contributed by atoms with van der Waals surface area (Å²) in [6, 6.07) is 15.6. The van der Waals surface area contributed by atoms with E-state index in [1.54, 1.807) is 7.11 Å². The van der Waals surface area contributed by atoms with Gasteiger partial charge >= 0.3 is 0 Å². The van der Waals surface area contributed by atoms with Crippen molar-refractivity contribution < 1.29 is 4.74 Å². The fraction of sp³-hybridized carbons (Fsp3) is 0.318. The van der Waals surface area contributed by atoms with E-state index in [9.17, 15) is 0 Å². The SMILES string of the molecule is COc1ccc(CN=C(NCc2nnc(C)n2C)NC(C)c2ccccc2Cl)cc1.I. The molecule has 1 unspecified atom stereocenters. The maximum absolute atomic E-state index is 6.37. The van der Waals surface area contributed by atoms with Crippen molar-refractivity contribution in [2.45, 2.75) is 33.0 Å². The third kappa shape index (κ3) is 6.83. The van der Waals surface area contributed by atoms with Gasteiger partial charge in [-0.1, -0.05) is 41.9 Å². The van der Waals surface area contributed by atoms with E-state index in [0.29, 0.717) is 19.0 Å². The molecule has 0 saturated heterocycles. The zero-order valence-corrected chi connectivity index (χ0v) is 21.2. The van der Waals surface area contributed by atoms with E-state index in [-0.39, 0.29) is 30.0 Å². The van der Waals surface area contributed by atoms with Crippen LogP contribution in [0.3, 0.4) is 0 Å². The topological polar surface area (TPSA) is 76.4 Å². The minimum atomic E-state index is -0.0259. The van der Waals surface area contributed by atoms with Crippen molar-refractivity contribution in [2.75, 3.05) is 7.11 Å². The predicted octanol–water partition coefficient (Wildman–Crippen LogP) is 4.40. The molecule has 3 aromatic rings. The molecule has 1 heterocycles. The van der Waals surface area contributed by atoms with Gasteiger partial charge in [-0.15, -0.1) is 34.2 Å². The van der Waals surface area contributed by atoms with Crippen molar-refractivity contribution in [1.82, 2.24) is 25.4 Å². The molecule has 0 aliphatic carbocycles. The maximum atomic E-state index is 6.37. The third-order valence-corrected chi connectivity index (χ3v) is 5.24. The molecule has 166 valence electrons. The van der Waals surface area contributed by atoms with Crippen LogP contribution in [0, 0.1) is 6.92 Å². The molecule has 0 aliphatic rings. The molecular weight excluding hydrogens is 527 g/mol. The first-order valence-electron chi connectivity index (χ1n) is 9.75. The van der Waals surface area contributed by atoms with Gasteiger partial charge in [-0.2, -0.15) is 0 Å². The second-order valence-corrected chi connectivity index (χ2v) is 7.38. The van der Waals surface area contributed by atoms with Crippen LogP contribution in [0.1, 0.15) is 35.7 Å². The lowest BCUT2D eigenvalue weighted by Gasteiger charge is -2.19. The molecule has 0 fully saturated rings. The average molecular weight is 555 g/mol. The van der Waals surface area contributed by atoms with Gasteiger partial charge in [0.2, 0.25) is 0 Å². The monoisotopic (exact) mass is 554 g/mol. The highest BCUT2D eigenvalue weighted by atomic mass is 127. The van der Waals surface area contributed by atoms with E-state index >= 15 is 0 Å². The first-order valence-corrected chi connectivity index (χ1v) is 10.1. The molecule has 0 radical (unpaired) electrons. The summed E-state index contributed by atoms with van der Waals surface area (Å²) in [5.74, 6) is 3.18. The van der Waals surface area contributed by atoms with E-state index in [2.05, 4.69) is 27.8 Å². The largest absolute Gasteiger partial charge is 0.497 e. The number of halogens is 2. The van der Waals surface area contributed by atoms with E-state index in [1.807, 2.05) is 67.1 Å². The van der Waals surface area contributed by atoms with Gasteiger partial charge in [-0.05, 0) is 43.2 Å². The number of aryl methyl sites for hydroxylation is 1. The molecule has 2 aromatic carbocycles. The summed E-state index contributed by atoms with van der Waals surface area (Å²) in [5, 5.41) is 15.8. The first-order chi connectivity index (χ1) is 14.5. The van der Waals surface area contributed by atoms with E-state index in [4.69, 9.17) is 21.3 Å². The van der Waals surface area contributed by atoms with Crippen molar-refractivity contribution in [3.05, 3.63) is 76.3 Å². The van der Waals surface area contributed by atoms with Crippen LogP contribution in [0.2, 0.25) is 5.02 Å². The van der Waals surface area contributed by atoms with Crippen LogP contribution in [-0.2, 0) is 20.1 Å². The number of methoxy groups -OCH3 is 1. The van der Waals surface area contributed by atoms with Crippen molar-refractivity contribution in [2.24, 2.45) is 12.0 Å². The Morgan fingerprint density at radius 1 is 1.16 bits per heavy atom. The van der Waals surface area contributed by atoms with Crippen LogP contribution in [-0.4, -0.2) is 27.8 Å². The molecule has 0 aliphatic heterocycles. The number of aromatic nitrogens is 3. The van der Waals surface area contributed by atoms with Crippen LogP contribution in [0.5, 0.6) is 5.75 Å². The molecule has 7 nitrogen and oxygen atoms in total. The Hall–Kier alpha value is -2.33. The molecule has 3 rings (SSSR count). The zero-order valence-electron chi connectivity index (χ0n) is 18.1. The minimum Gasteiger partial charge on any atom is -0.497 e. The van der Waals surface area contributed by atoms with Gasteiger partial charge in [0, 0.05) is 12.1 Å². The van der Waals surface area contributed by atoms with Crippen LogP contribution in [0.25, 0.3) is 0 Å². The number of benzene rings is 2. The fourth-order valence-corrected chi connectivity index (χ4v) is 3.23. The Kier molecular flexibility index (Phi) is 9.57. The lowest BCUT2D eigenvalue weighted by Crippen LogP contribution is -2.39. The Morgan fingerprint density at radius 2 is 1.87 bits per heavy atom. The Bertz CT molecular complexity index is 1010. The number of aliphatic imine (C=N–C) groups is 1. The molecule has 31 heavy (non-hydrogen) atoms. The molecule has 2 N–H and O–H groups in total. The second-order valence-electron chi connectivity index (χ2n) is 6.98. The Balaban J connectivity index is 0.00000341. The lowest BCUT2D eigenvalue weighted by atomic mass is 10.1. The molecule has 1 aromatic heterocycles. The molecule has 0 bridgehead atoms. The van der Waals surface area contributed by atoms with Crippen molar-refractivity contribution in [3.8, 4) is 5.75 Å². The number of hydrogen-bond donors (Lipinski definition) is 2. The van der Waals surface area contributed by atoms with Gasteiger partial charge in [0.05, 0.1) is 26.2 Å². The highest BCUT2D eigenvalue weighted by molar-refractivity contribution is 14.0. The van der Waals surface area contributed by atoms with Gasteiger partial charge in [0.25, 0.3) is 0 Å². The smallest absolute Gasteiger partial charge is 0.192 e. The van der Waals surface area contributed by atoms with Crippen LogP contribution < -0.4 is 15.4 Å². The molecule has 0 saturated carbocycles. The predicted molar refractivity (Wildman–Crippen MR) is 135 cm³/mol. The summed E-state index contributed by atoms with van der Waals surface area (Å²) >= 11 is 6.37. The highest BCUT2D eigenvalue weighted by Crippen LogP contribution is 2.22. The van der Waals surface area contributed by atoms with E-state index in [1.165, 1.54) is 0 Å². The maximum Gasteiger partial charge on any atom is 0.192 e. The summed E-state index contributed by atoms with van der Waals surface area (Å²) in [6.45, 7) is 5.00. The van der Waals surface area contributed by atoms with Gasteiger partial charge < -0.3 is 19.9 Å². The second kappa shape index (κ2) is 11.9. The number of hydrogen-bond acceptors (Lipinski definition) is 4. The average Bonchev–Trinajstić information content (AvgIpc) is 3.08.